The highest BCUT2D eigenvalue weighted by molar-refractivity contribution is 5.79. The molecule has 0 bridgehead atoms. The average molecular weight is 369 g/mol. The minimum absolute atomic E-state index is 0.0482. The Bertz CT molecular complexity index is 1020. The summed E-state index contributed by atoms with van der Waals surface area (Å²) >= 11 is 0. The van der Waals surface area contributed by atoms with Crippen LogP contribution in [-0.4, -0.2) is 29.4 Å². The van der Waals surface area contributed by atoms with Gasteiger partial charge in [0.05, 0.1) is 12.2 Å². The molecule has 0 unspecified atom stereocenters. The normalized spacial score (nSPS) is 11.8. The van der Waals surface area contributed by atoms with Crippen molar-refractivity contribution in [3.63, 3.8) is 0 Å². The molecule has 1 aliphatic carbocycles. The molecule has 5 heteroatoms. The smallest absolute Gasteiger partial charge is 0.407 e. The first-order valence-corrected chi connectivity index (χ1v) is 9.10. The Hall–Kier alpha value is -3.65. The van der Waals surface area contributed by atoms with Gasteiger partial charge in [-0.15, -0.1) is 5.10 Å². The molecule has 0 spiro atoms. The van der Waals surface area contributed by atoms with Gasteiger partial charge in [-0.05, 0) is 47.2 Å². The predicted octanol–water partition coefficient (Wildman–Crippen LogP) is 3.68. The highest BCUT2D eigenvalue weighted by atomic mass is 16.5. The maximum absolute atomic E-state index is 12.1. The van der Waals surface area contributed by atoms with Crippen LogP contribution in [0.25, 0.3) is 11.1 Å². The summed E-state index contributed by atoms with van der Waals surface area (Å²) in [6.07, 6.45) is -0.480. The minimum atomic E-state index is -0.480. The molecule has 0 aliphatic heterocycles. The van der Waals surface area contributed by atoms with Crippen molar-refractivity contribution in [3.8, 4) is 23.0 Å². The SMILES string of the molecule is Cc1ccc(C#CCNC(=O)OCC2c3ccccc3-c3ccccc32)nn1. The molecule has 1 amide bonds. The largest absolute Gasteiger partial charge is 0.449 e. The van der Waals surface area contributed by atoms with Crippen molar-refractivity contribution in [3.05, 3.63) is 83.2 Å². The van der Waals surface area contributed by atoms with E-state index in [2.05, 4.69) is 51.6 Å². The molecule has 1 aliphatic rings. The van der Waals surface area contributed by atoms with Crippen LogP contribution in [0.5, 0.6) is 0 Å². The number of hydrogen-bond acceptors (Lipinski definition) is 4. The molecule has 1 N–H and O–H groups in total. The highest BCUT2D eigenvalue weighted by Gasteiger charge is 2.28. The lowest BCUT2D eigenvalue weighted by molar-refractivity contribution is 0.144. The molecule has 1 heterocycles. The predicted molar refractivity (Wildman–Crippen MR) is 107 cm³/mol. The first-order chi connectivity index (χ1) is 13.7. The number of alkyl carbamates (subject to hydrolysis) is 1. The van der Waals surface area contributed by atoms with Crippen molar-refractivity contribution in [1.82, 2.24) is 15.5 Å². The molecule has 4 rings (SSSR count). The van der Waals surface area contributed by atoms with Gasteiger partial charge in [0, 0.05) is 5.92 Å². The summed E-state index contributed by atoms with van der Waals surface area (Å²) in [7, 11) is 0. The van der Waals surface area contributed by atoms with Crippen LogP contribution in [0.3, 0.4) is 0 Å². The van der Waals surface area contributed by atoms with Gasteiger partial charge < -0.3 is 10.1 Å². The topological polar surface area (TPSA) is 64.1 Å². The fourth-order valence-corrected chi connectivity index (χ4v) is 3.37. The maximum atomic E-state index is 12.1. The van der Waals surface area contributed by atoms with Gasteiger partial charge in [-0.25, -0.2) is 4.79 Å². The Morgan fingerprint density at radius 2 is 1.68 bits per heavy atom. The quantitative estimate of drug-likeness (QED) is 0.716. The number of aromatic nitrogens is 2. The number of rotatable bonds is 3. The first-order valence-electron chi connectivity index (χ1n) is 9.10. The number of carbonyl (C=O) groups is 1. The van der Waals surface area contributed by atoms with Crippen LogP contribution in [-0.2, 0) is 4.74 Å². The van der Waals surface area contributed by atoms with Crippen molar-refractivity contribution in [2.75, 3.05) is 13.2 Å². The Balaban J connectivity index is 1.35. The Labute approximate surface area is 163 Å². The van der Waals surface area contributed by atoms with E-state index in [0.29, 0.717) is 5.69 Å². The van der Waals surface area contributed by atoms with Crippen LogP contribution in [0.4, 0.5) is 4.79 Å². The fourth-order valence-electron chi connectivity index (χ4n) is 3.37. The van der Waals surface area contributed by atoms with Gasteiger partial charge in [-0.1, -0.05) is 54.5 Å². The summed E-state index contributed by atoms with van der Waals surface area (Å²) in [4.78, 5) is 12.1. The lowest BCUT2D eigenvalue weighted by atomic mass is 9.98. The third kappa shape index (κ3) is 3.72. The zero-order chi connectivity index (χ0) is 19.3. The number of aryl methyl sites for hydroxylation is 1. The Morgan fingerprint density at radius 3 is 2.32 bits per heavy atom. The van der Waals surface area contributed by atoms with E-state index >= 15 is 0 Å². The van der Waals surface area contributed by atoms with Gasteiger partial charge in [-0.3, -0.25) is 0 Å². The second-order valence-electron chi connectivity index (χ2n) is 6.54. The third-order valence-corrected chi connectivity index (χ3v) is 4.68. The summed E-state index contributed by atoms with van der Waals surface area (Å²) in [5, 5.41) is 10.6. The van der Waals surface area contributed by atoms with E-state index in [4.69, 9.17) is 4.74 Å². The minimum Gasteiger partial charge on any atom is -0.449 e. The molecule has 28 heavy (non-hydrogen) atoms. The van der Waals surface area contributed by atoms with Crippen LogP contribution in [0.1, 0.15) is 28.4 Å². The summed E-state index contributed by atoms with van der Waals surface area (Å²) in [6.45, 7) is 2.34. The van der Waals surface area contributed by atoms with Gasteiger partial charge in [-0.2, -0.15) is 5.10 Å². The monoisotopic (exact) mass is 369 g/mol. The van der Waals surface area contributed by atoms with E-state index in [-0.39, 0.29) is 19.1 Å². The molecule has 0 radical (unpaired) electrons. The third-order valence-electron chi connectivity index (χ3n) is 4.68. The van der Waals surface area contributed by atoms with Gasteiger partial charge >= 0.3 is 6.09 Å². The van der Waals surface area contributed by atoms with E-state index in [1.165, 1.54) is 22.3 Å². The van der Waals surface area contributed by atoms with Crippen molar-refractivity contribution < 1.29 is 9.53 Å². The molecule has 3 aromatic rings. The van der Waals surface area contributed by atoms with E-state index in [0.717, 1.165) is 5.69 Å². The van der Waals surface area contributed by atoms with Crippen molar-refractivity contribution in [1.29, 1.82) is 0 Å². The van der Waals surface area contributed by atoms with Gasteiger partial charge in [0.1, 0.15) is 12.3 Å². The molecule has 0 saturated carbocycles. The number of nitrogens with one attached hydrogen (secondary N) is 1. The van der Waals surface area contributed by atoms with E-state index in [1.807, 2.05) is 37.3 Å². The lowest BCUT2D eigenvalue weighted by Gasteiger charge is -2.14. The summed E-state index contributed by atoms with van der Waals surface area (Å²) in [5.74, 6) is 5.75. The zero-order valence-electron chi connectivity index (χ0n) is 15.5. The van der Waals surface area contributed by atoms with Gasteiger partial charge in [0.25, 0.3) is 0 Å². The Morgan fingerprint density at radius 1 is 1.00 bits per heavy atom. The number of ether oxygens (including phenoxy) is 1. The Kier molecular flexibility index (Phi) is 5.03. The van der Waals surface area contributed by atoms with Crippen LogP contribution < -0.4 is 5.32 Å². The standard InChI is InChI=1S/C23H19N3O2/c1-16-12-13-17(26-25-16)7-6-14-24-23(27)28-15-22-20-10-4-2-8-18(20)19-9-3-5-11-21(19)22/h2-5,8-13,22H,14-15H2,1H3,(H,24,27). The molecule has 0 saturated heterocycles. The molecular weight excluding hydrogens is 350 g/mol. The van der Waals surface area contributed by atoms with Crippen LogP contribution in [0.2, 0.25) is 0 Å². The van der Waals surface area contributed by atoms with Crippen LogP contribution in [0, 0.1) is 18.8 Å². The second kappa shape index (κ2) is 7.93. The average Bonchev–Trinajstić information content (AvgIpc) is 3.05. The number of fused-ring (bicyclic) bond motifs is 3. The summed E-state index contributed by atoms with van der Waals surface area (Å²) in [6, 6.07) is 20.1. The molecule has 0 fully saturated rings. The highest BCUT2D eigenvalue weighted by Crippen LogP contribution is 2.44. The number of amides is 1. The summed E-state index contributed by atoms with van der Waals surface area (Å²) < 4.78 is 5.46. The second-order valence-corrected chi connectivity index (χ2v) is 6.54. The van der Waals surface area contributed by atoms with Gasteiger partial charge in [0.15, 0.2) is 0 Å². The van der Waals surface area contributed by atoms with Crippen LogP contribution >= 0.6 is 0 Å². The number of hydrogen-bond donors (Lipinski definition) is 1. The van der Waals surface area contributed by atoms with E-state index < -0.39 is 6.09 Å². The van der Waals surface area contributed by atoms with Crippen molar-refractivity contribution >= 4 is 6.09 Å². The number of benzene rings is 2. The molecule has 1 aromatic heterocycles. The number of nitrogens with zero attached hydrogens (tertiary/aromatic N) is 2. The van der Waals surface area contributed by atoms with Crippen LogP contribution in [0.15, 0.2) is 60.7 Å². The molecule has 2 aromatic carbocycles. The first kappa shape index (κ1) is 17.7. The van der Waals surface area contributed by atoms with E-state index in [1.54, 1.807) is 6.07 Å². The van der Waals surface area contributed by atoms with Crippen molar-refractivity contribution in [2.24, 2.45) is 0 Å². The lowest BCUT2D eigenvalue weighted by Crippen LogP contribution is -2.26. The van der Waals surface area contributed by atoms with Crippen molar-refractivity contribution in [2.45, 2.75) is 12.8 Å². The van der Waals surface area contributed by atoms with E-state index in [9.17, 15) is 4.79 Å². The zero-order valence-corrected chi connectivity index (χ0v) is 15.5. The number of carbonyl (C=O) groups excluding carboxylic acids is 1. The fraction of sp³-hybridized carbons (Fsp3) is 0.174. The molecule has 138 valence electrons. The maximum Gasteiger partial charge on any atom is 0.407 e. The summed E-state index contributed by atoms with van der Waals surface area (Å²) in [5.41, 5.74) is 6.19. The molecule has 5 nitrogen and oxygen atoms in total. The molecular formula is C23H19N3O2. The van der Waals surface area contributed by atoms with Gasteiger partial charge in [0.2, 0.25) is 0 Å². The molecule has 0 atom stereocenters.